The van der Waals surface area contributed by atoms with Crippen molar-refractivity contribution in [1.29, 1.82) is 0 Å². The number of nitrogens with one attached hydrogen (secondary N) is 1. The van der Waals surface area contributed by atoms with Crippen LogP contribution in [-0.2, 0) is 24.7 Å². The van der Waals surface area contributed by atoms with Gasteiger partial charge in [-0.3, -0.25) is 9.59 Å². The summed E-state index contributed by atoms with van der Waals surface area (Å²) in [5.41, 5.74) is -0.0518. The maximum absolute atomic E-state index is 13.0. The molecular formula is C26H20F6N3O2S+. The SMILES string of the molecule is Cc1n[s+](Cc2cccc(C(F)(F)F)c2)cc1NC(=O)c1ccc(=O)n(Cc2ccc(C(F)(F)F)cc2)c1. The van der Waals surface area contributed by atoms with E-state index in [2.05, 4.69) is 9.69 Å². The zero-order valence-corrected chi connectivity index (χ0v) is 20.5. The van der Waals surface area contributed by atoms with Gasteiger partial charge in [0.25, 0.3) is 11.5 Å². The molecule has 0 spiro atoms. The number of aromatic nitrogens is 2. The summed E-state index contributed by atoms with van der Waals surface area (Å²) in [4.78, 5) is 25.1. The van der Waals surface area contributed by atoms with Gasteiger partial charge in [-0.1, -0.05) is 24.3 Å². The van der Waals surface area contributed by atoms with Gasteiger partial charge in [-0.05, 0) is 47.2 Å². The summed E-state index contributed by atoms with van der Waals surface area (Å²) in [6.07, 6.45) is -7.62. The Bertz CT molecular complexity index is 1520. The molecule has 1 N–H and O–H groups in total. The molecular weight excluding hydrogens is 532 g/mol. The first-order chi connectivity index (χ1) is 17.8. The number of alkyl halides is 6. The van der Waals surface area contributed by atoms with Crippen molar-refractivity contribution in [3.05, 3.63) is 116 Å². The minimum atomic E-state index is -4.48. The molecule has 2 aromatic heterocycles. The van der Waals surface area contributed by atoms with Gasteiger partial charge in [-0.2, -0.15) is 26.3 Å². The van der Waals surface area contributed by atoms with E-state index < -0.39 is 45.6 Å². The van der Waals surface area contributed by atoms with Gasteiger partial charge >= 0.3 is 12.4 Å². The minimum absolute atomic E-state index is 0.0400. The van der Waals surface area contributed by atoms with Crippen LogP contribution in [0.3, 0.4) is 0 Å². The normalized spacial score (nSPS) is 12.4. The van der Waals surface area contributed by atoms with Crippen LogP contribution in [0.15, 0.2) is 77.0 Å². The standard InChI is InChI=1S/C26H19F6N3O2S/c1-16-22(15-38(34-16)14-18-3-2-4-21(11-18)26(30,31)32)33-24(37)19-7-10-23(36)35(13-19)12-17-5-8-20(9-6-17)25(27,28)29/h2-11,13,15H,12,14H2,1H3/p+1. The first-order valence-corrected chi connectivity index (χ1v) is 12.5. The van der Waals surface area contributed by atoms with E-state index in [9.17, 15) is 35.9 Å². The fraction of sp³-hybridized carbons (Fsp3) is 0.192. The Kier molecular flexibility index (Phi) is 7.45. The molecule has 0 saturated carbocycles. The lowest BCUT2D eigenvalue weighted by atomic mass is 10.1. The number of amides is 1. The van der Waals surface area contributed by atoms with Gasteiger partial charge in [0.1, 0.15) is 11.4 Å². The molecule has 38 heavy (non-hydrogen) atoms. The van der Waals surface area contributed by atoms with Gasteiger partial charge in [0.05, 0.1) is 33.9 Å². The van der Waals surface area contributed by atoms with Crippen LogP contribution in [-0.4, -0.2) is 14.8 Å². The zero-order chi connectivity index (χ0) is 27.7. The molecule has 5 nitrogen and oxygen atoms in total. The van der Waals surface area contributed by atoms with Crippen molar-refractivity contribution in [3.63, 3.8) is 0 Å². The van der Waals surface area contributed by atoms with E-state index in [1.807, 2.05) is 0 Å². The molecule has 4 aromatic rings. The van der Waals surface area contributed by atoms with Gasteiger partial charge in [-0.25, -0.2) is 0 Å². The highest BCUT2D eigenvalue weighted by atomic mass is 32.2. The van der Waals surface area contributed by atoms with E-state index in [-0.39, 0.29) is 17.9 Å². The average molecular weight is 553 g/mol. The van der Waals surface area contributed by atoms with Crippen LogP contribution < -0.4 is 10.9 Å². The highest BCUT2D eigenvalue weighted by Gasteiger charge is 2.31. The molecule has 12 heteroatoms. The van der Waals surface area contributed by atoms with E-state index in [1.165, 1.54) is 41.1 Å². The van der Waals surface area contributed by atoms with E-state index in [0.717, 1.165) is 24.3 Å². The second-order valence-corrected chi connectivity index (χ2v) is 9.99. The van der Waals surface area contributed by atoms with Crippen LogP contribution in [0.1, 0.15) is 38.3 Å². The monoisotopic (exact) mass is 552 g/mol. The predicted molar refractivity (Wildman–Crippen MR) is 131 cm³/mol. The molecule has 0 aliphatic carbocycles. The number of rotatable bonds is 6. The number of hydrogen-bond acceptors (Lipinski definition) is 3. The molecule has 0 radical (unpaired) electrons. The van der Waals surface area contributed by atoms with Gasteiger partial charge in [0, 0.05) is 17.8 Å². The number of carbonyl (C=O) groups excluding carboxylic acids is 1. The lowest BCUT2D eigenvalue weighted by molar-refractivity contribution is -0.138. The van der Waals surface area contributed by atoms with Crippen molar-refractivity contribution in [2.45, 2.75) is 31.6 Å². The first-order valence-electron chi connectivity index (χ1n) is 11.1. The average Bonchev–Trinajstić information content (AvgIpc) is 3.18. The Morgan fingerprint density at radius 1 is 0.921 bits per heavy atom. The van der Waals surface area contributed by atoms with Gasteiger partial charge < -0.3 is 9.88 Å². The first kappa shape index (κ1) is 27.1. The number of nitrogens with zero attached hydrogens (tertiary/aromatic N) is 2. The van der Waals surface area contributed by atoms with Gasteiger partial charge in [0.2, 0.25) is 0 Å². The summed E-state index contributed by atoms with van der Waals surface area (Å²) in [7, 11) is -0.781. The zero-order valence-electron chi connectivity index (χ0n) is 19.7. The molecule has 1 amide bonds. The summed E-state index contributed by atoms with van der Waals surface area (Å²) in [5, 5.41) is 4.38. The van der Waals surface area contributed by atoms with Crippen molar-refractivity contribution in [2.75, 3.05) is 5.32 Å². The molecule has 0 bridgehead atoms. The Morgan fingerprint density at radius 2 is 1.61 bits per heavy atom. The molecule has 0 aliphatic heterocycles. The number of halogens is 6. The second kappa shape index (κ2) is 10.4. The molecule has 1 atom stereocenters. The van der Waals surface area contributed by atoms with E-state index >= 15 is 0 Å². The van der Waals surface area contributed by atoms with Crippen LogP contribution in [0.4, 0.5) is 32.0 Å². The fourth-order valence-corrected chi connectivity index (χ4v) is 5.33. The number of hydrogen-bond donors (Lipinski definition) is 1. The minimum Gasteiger partial charge on any atom is -0.316 e. The summed E-state index contributed by atoms with van der Waals surface area (Å²) >= 11 is 0. The van der Waals surface area contributed by atoms with E-state index in [4.69, 9.17) is 0 Å². The number of aryl methyl sites for hydroxylation is 1. The second-order valence-electron chi connectivity index (χ2n) is 8.48. The smallest absolute Gasteiger partial charge is 0.316 e. The fourth-order valence-electron chi connectivity index (χ4n) is 3.65. The van der Waals surface area contributed by atoms with Gasteiger partial charge in [-0.15, -0.1) is 0 Å². The summed E-state index contributed by atoms with van der Waals surface area (Å²) in [6, 6.07) is 11.8. The molecule has 0 saturated heterocycles. The largest absolute Gasteiger partial charge is 0.416 e. The molecule has 198 valence electrons. The quantitative estimate of drug-likeness (QED) is 0.214. The maximum atomic E-state index is 13.0. The molecule has 2 heterocycles. The molecule has 2 aromatic carbocycles. The number of anilines is 1. The van der Waals surface area contributed by atoms with Gasteiger partial charge in [0.15, 0.2) is 11.1 Å². The van der Waals surface area contributed by atoms with Crippen LogP contribution in [0.2, 0.25) is 0 Å². The summed E-state index contributed by atoms with van der Waals surface area (Å²) < 4.78 is 83.0. The number of pyridine rings is 1. The van der Waals surface area contributed by atoms with Crippen LogP contribution in [0.25, 0.3) is 0 Å². The van der Waals surface area contributed by atoms with Crippen molar-refractivity contribution in [3.8, 4) is 0 Å². The van der Waals surface area contributed by atoms with Crippen molar-refractivity contribution in [2.24, 2.45) is 0 Å². The highest BCUT2D eigenvalue weighted by Crippen LogP contribution is 2.33. The summed E-state index contributed by atoms with van der Waals surface area (Å²) in [6.45, 7) is 1.62. The lowest BCUT2D eigenvalue weighted by Gasteiger charge is -2.10. The third-order valence-electron chi connectivity index (χ3n) is 5.59. The Hall–Kier alpha value is -3.93. The van der Waals surface area contributed by atoms with E-state index in [0.29, 0.717) is 22.5 Å². The summed E-state index contributed by atoms with van der Waals surface area (Å²) in [5.74, 6) is -0.310. The topological polar surface area (TPSA) is 64.0 Å². The van der Waals surface area contributed by atoms with Crippen molar-refractivity contribution < 1.29 is 31.1 Å². The Morgan fingerprint density at radius 3 is 2.26 bits per heavy atom. The number of benzene rings is 2. The Labute approximate surface area is 215 Å². The third-order valence-corrected chi connectivity index (χ3v) is 7.24. The molecule has 4 rings (SSSR count). The Balaban J connectivity index is 1.48. The predicted octanol–water partition coefficient (Wildman–Crippen LogP) is 6.69. The lowest BCUT2D eigenvalue weighted by Crippen LogP contribution is -2.22. The number of carbonyl (C=O) groups is 1. The molecule has 1 unspecified atom stereocenters. The van der Waals surface area contributed by atoms with Crippen molar-refractivity contribution in [1.82, 2.24) is 8.94 Å². The highest BCUT2D eigenvalue weighted by molar-refractivity contribution is 7.24. The molecule has 0 aliphatic rings. The molecule has 0 fully saturated rings. The third kappa shape index (κ3) is 6.49. The van der Waals surface area contributed by atoms with Crippen LogP contribution >= 0.6 is 10.7 Å². The van der Waals surface area contributed by atoms with E-state index in [1.54, 1.807) is 18.4 Å². The van der Waals surface area contributed by atoms with Crippen LogP contribution in [0.5, 0.6) is 0 Å². The maximum Gasteiger partial charge on any atom is 0.416 e. The van der Waals surface area contributed by atoms with Crippen molar-refractivity contribution >= 4 is 22.3 Å². The van der Waals surface area contributed by atoms with Crippen LogP contribution in [0, 0.1) is 6.92 Å².